The topological polar surface area (TPSA) is 221 Å². The highest BCUT2D eigenvalue weighted by atomic mass is 16.5. The van der Waals surface area contributed by atoms with E-state index in [1.807, 2.05) is 74.6 Å². The number of carbonyl (C=O) groups is 2. The first kappa shape index (κ1) is 33.7. The van der Waals surface area contributed by atoms with Crippen LogP contribution in [0, 0.1) is 19.3 Å². The molecule has 0 aliphatic heterocycles. The molecule has 2 amide bonds. The van der Waals surface area contributed by atoms with Crippen molar-refractivity contribution in [2.75, 3.05) is 6.54 Å². The maximum atomic E-state index is 14.2. The second-order valence-electron chi connectivity index (χ2n) is 11.9. The number of hydrogen-bond acceptors (Lipinski definition) is 8. The van der Waals surface area contributed by atoms with Gasteiger partial charge < -0.3 is 42.0 Å². The van der Waals surface area contributed by atoms with Gasteiger partial charge in [-0.05, 0) is 66.3 Å². The van der Waals surface area contributed by atoms with E-state index < -0.39 is 29.9 Å². The van der Waals surface area contributed by atoms with Gasteiger partial charge >= 0.3 is 0 Å². The Morgan fingerprint density at radius 1 is 1.00 bits per heavy atom. The number of phenols is 1. The van der Waals surface area contributed by atoms with Crippen molar-refractivity contribution >= 4 is 28.7 Å². The van der Waals surface area contributed by atoms with E-state index in [1.54, 1.807) is 12.1 Å². The minimum absolute atomic E-state index is 0.111. The SMILES string of the molecule is Cc1cc(O)cc(C)c1CC(NC(=O)C(N)CCNC(=N)N)C(=O)N[C@@H](Cc1c[nH]c2ccccc12)c1nc(Cc2ccccc2)no1. The number of nitrogens with one attached hydrogen (secondary N) is 5. The number of fused-ring (bicyclic) bond motifs is 1. The van der Waals surface area contributed by atoms with Crippen molar-refractivity contribution in [2.45, 2.75) is 57.7 Å². The molecule has 10 N–H and O–H groups in total. The third-order valence-electron chi connectivity index (χ3n) is 8.23. The summed E-state index contributed by atoms with van der Waals surface area (Å²) in [5.41, 5.74) is 16.8. The molecular weight excluding hydrogens is 610 g/mol. The van der Waals surface area contributed by atoms with E-state index in [-0.39, 0.29) is 37.0 Å². The summed E-state index contributed by atoms with van der Waals surface area (Å²) in [6.07, 6.45) is 2.99. The summed E-state index contributed by atoms with van der Waals surface area (Å²) in [6.45, 7) is 3.89. The largest absolute Gasteiger partial charge is 0.508 e. The number of aromatic hydroxyl groups is 1. The van der Waals surface area contributed by atoms with Gasteiger partial charge in [0.1, 0.15) is 17.8 Å². The number of carbonyl (C=O) groups excluding carboxylic acids is 2. The molecule has 2 aromatic heterocycles. The van der Waals surface area contributed by atoms with Gasteiger partial charge in [-0.15, -0.1) is 0 Å². The van der Waals surface area contributed by atoms with Crippen LogP contribution in [0.25, 0.3) is 10.9 Å². The van der Waals surface area contributed by atoms with E-state index >= 15 is 0 Å². The van der Waals surface area contributed by atoms with E-state index in [1.165, 1.54) is 0 Å². The van der Waals surface area contributed by atoms with Crippen LogP contribution in [-0.2, 0) is 28.9 Å². The summed E-state index contributed by atoms with van der Waals surface area (Å²) >= 11 is 0. The van der Waals surface area contributed by atoms with Gasteiger partial charge in [0.15, 0.2) is 11.8 Å². The second-order valence-corrected chi connectivity index (χ2v) is 11.9. The Morgan fingerprint density at radius 2 is 1.71 bits per heavy atom. The van der Waals surface area contributed by atoms with Crippen molar-refractivity contribution in [3.05, 3.63) is 112 Å². The zero-order valence-electron chi connectivity index (χ0n) is 26.9. The Labute approximate surface area is 278 Å². The predicted octanol–water partition coefficient (Wildman–Crippen LogP) is 2.79. The highest BCUT2D eigenvalue weighted by Gasteiger charge is 2.30. The van der Waals surface area contributed by atoms with Crippen LogP contribution in [0.5, 0.6) is 5.75 Å². The van der Waals surface area contributed by atoms with Crippen LogP contribution < -0.4 is 27.4 Å². The lowest BCUT2D eigenvalue weighted by atomic mass is 9.95. The van der Waals surface area contributed by atoms with Crippen LogP contribution in [0.3, 0.4) is 0 Å². The van der Waals surface area contributed by atoms with Gasteiger partial charge in [-0.3, -0.25) is 15.0 Å². The van der Waals surface area contributed by atoms with Crippen molar-refractivity contribution in [1.82, 2.24) is 31.1 Å². The number of phenolic OH excluding ortho intramolecular Hbond substituents is 1. The number of aromatic amines is 1. The van der Waals surface area contributed by atoms with Crippen LogP contribution in [0.1, 0.15) is 52.0 Å². The van der Waals surface area contributed by atoms with Crippen LogP contribution in [-0.4, -0.2) is 56.6 Å². The number of nitrogens with two attached hydrogens (primary N) is 2. The molecule has 3 atom stereocenters. The molecular formula is C35H41N9O4. The molecule has 5 aromatic rings. The molecule has 5 rings (SSSR count). The van der Waals surface area contributed by atoms with Gasteiger partial charge in [-0.1, -0.05) is 53.7 Å². The molecule has 0 saturated heterocycles. The summed E-state index contributed by atoms with van der Waals surface area (Å²) in [5, 5.41) is 31.2. The second kappa shape index (κ2) is 15.3. The Hall–Kier alpha value is -5.69. The highest BCUT2D eigenvalue weighted by Crippen LogP contribution is 2.26. The molecule has 0 bridgehead atoms. The fourth-order valence-electron chi connectivity index (χ4n) is 5.73. The number of aryl methyl sites for hydroxylation is 2. The lowest BCUT2D eigenvalue weighted by Gasteiger charge is -2.24. The van der Waals surface area contributed by atoms with Gasteiger partial charge in [-0.2, -0.15) is 4.98 Å². The molecule has 0 saturated carbocycles. The number of H-pyrrole nitrogens is 1. The molecule has 13 nitrogen and oxygen atoms in total. The number of aromatic nitrogens is 3. The minimum Gasteiger partial charge on any atom is -0.508 e. The average molecular weight is 652 g/mol. The molecule has 48 heavy (non-hydrogen) atoms. The van der Waals surface area contributed by atoms with Crippen LogP contribution in [0.15, 0.2) is 77.4 Å². The van der Waals surface area contributed by atoms with E-state index in [9.17, 15) is 14.7 Å². The molecule has 0 aliphatic carbocycles. The Kier molecular flexibility index (Phi) is 10.7. The normalized spacial score (nSPS) is 13.1. The van der Waals surface area contributed by atoms with E-state index in [4.69, 9.17) is 21.4 Å². The number of nitrogens with zero attached hydrogens (tertiary/aromatic N) is 2. The summed E-state index contributed by atoms with van der Waals surface area (Å²) in [7, 11) is 0. The number of amides is 2. The lowest BCUT2D eigenvalue weighted by molar-refractivity contribution is -0.130. The molecule has 0 fully saturated rings. The fraction of sp³-hybridized carbons (Fsp3) is 0.286. The lowest BCUT2D eigenvalue weighted by Crippen LogP contribution is -2.53. The monoisotopic (exact) mass is 651 g/mol. The van der Waals surface area contributed by atoms with Crippen LogP contribution >= 0.6 is 0 Å². The highest BCUT2D eigenvalue weighted by molar-refractivity contribution is 5.90. The first-order chi connectivity index (χ1) is 23.1. The zero-order valence-corrected chi connectivity index (χ0v) is 26.9. The van der Waals surface area contributed by atoms with Crippen molar-refractivity contribution < 1.29 is 19.2 Å². The Morgan fingerprint density at radius 3 is 2.44 bits per heavy atom. The van der Waals surface area contributed by atoms with Crippen molar-refractivity contribution in [1.29, 1.82) is 5.41 Å². The molecule has 250 valence electrons. The van der Waals surface area contributed by atoms with Crippen LogP contribution in [0.4, 0.5) is 0 Å². The quantitative estimate of drug-likeness (QED) is 0.0652. The molecule has 0 radical (unpaired) electrons. The number of para-hydroxylation sites is 1. The minimum atomic E-state index is -1.04. The predicted molar refractivity (Wildman–Crippen MR) is 182 cm³/mol. The maximum Gasteiger partial charge on any atom is 0.249 e. The van der Waals surface area contributed by atoms with Gasteiger partial charge in [0.25, 0.3) is 0 Å². The summed E-state index contributed by atoms with van der Waals surface area (Å²) < 4.78 is 5.74. The summed E-state index contributed by atoms with van der Waals surface area (Å²) in [5.74, 6) is -0.427. The number of hydrogen-bond donors (Lipinski definition) is 8. The Balaban J connectivity index is 1.43. The van der Waals surface area contributed by atoms with Crippen molar-refractivity contribution in [3.63, 3.8) is 0 Å². The van der Waals surface area contributed by atoms with Crippen LogP contribution in [0.2, 0.25) is 0 Å². The number of guanidine groups is 1. The molecule has 3 aromatic carbocycles. The number of benzene rings is 3. The summed E-state index contributed by atoms with van der Waals surface area (Å²) in [4.78, 5) is 35.4. The fourth-order valence-corrected chi connectivity index (χ4v) is 5.73. The molecule has 0 aliphatic rings. The Bertz CT molecular complexity index is 1860. The first-order valence-electron chi connectivity index (χ1n) is 15.7. The van der Waals surface area contributed by atoms with E-state index in [0.29, 0.717) is 18.7 Å². The van der Waals surface area contributed by atoms with Gasteiger partial charge in [0.2, 0.25) is 17.7 Å². The maximum absolute atomic E-state index is 14.2. The van der Waals surface area contributed by atoms with E-state index in [0.717, 1.165) is 38.7 Å². The molecule has 13 heteroatoms. The average Bonchev–Trinajstić information content (AvgIpc) is 3.69. The standard InChI is InChI=1S/C35H41N9O4/c1-20-14-24(45)15-21(2)26(20)18-29(41-32(46)27(36)12-13-39-35(37)38)33(47)42-30(17-23-19-40-28-11-7-6-10-25(23)28)34-43-31(44-48-34)16-22-8-4-3-5-9-22/h3-11,14-15,19,27,29-30,40,45H,12-13,16-18,36H2,1-2H3,(H,41,46)(H,42,47)(H4,37,38,39)/t27?,29?,30-/m0/s1. The van der Waals surface area contributed by atoms with E-state index in [2.05, 4.69) is 31.1 Å². The third-order valence-corrected chi connectivity index (χ3v) is 8.23. The smallest absolute Gasteiger partial charge is 0.249 e. The molecule has 2 heterocycles. The third kappa shape index (κ3) is 8.56. The van der Waals surface area contributed by atoms with Crippen molar-refractivity contribution in [3.8, 4) is 5.75 Å². The van der Waals surface area contributed by atoms with Crippen molar-refractivity contribution in [2.24, 2.45) is 11.5 Å². The van der Waals surface area contributed by atoms with Gasteiger partial charge in [-0.25, -0.2) is 0 Å². The molecule has 0 spiro atoms. The number of rotatable bonds is 14. The van der Waals surface area contributed by atoms with Gasteiger partial charge in [0.05, 0.1) is 6.04 Å². The van der Waals surface area contributed by atoms with Gasteiger partial charge in [0, 0.05) is 42.9 Å². The molecule has 2 unspecified atom stereocenters. The zero-order chi connectivity index (χ0) is 34.2. The first-order valence-corrected chi connectivity index (χ1v) is 15.7. The summed E-state index contributed by atoms with van der Waals surface area (Å²) in [6, 6.07) is 18.1.